The molecule has 3 heterocycles. The van der Waals surface area contributed by atoms with Crippen LogP contribution in [0.15, 0.2) is 52.1 Å². The summed E-state index contributed by atoms with van der Waals surface area (Å²) in [6.07, 6.45) is 3.95. The molecule has 8 heteroatoms. The van der Waals surface area contributed by atoms with Crippen LogP contribution < -0.4 is 5.32 Å². The van der Waals surface area contributed by atoms with E-state index in [0.717, 1.165) is 45.3 Å². The van der Waals surface area contributed by atoms with Gasteiger partial charge in [-0.3, -0.25) is 9.69 Å². The van der Waals surface area contributed by atoms with Gasteiger partial charge in [-0.25, -0.2) is 8.42 Å². The summed E-state index contributed by atoms with van der Waals surface area (Å²) in [6.45, 7) is 3.96. The van der Waals surface area contributed by atoms with E-state index in [0.29, 0.717) is 23.7 Å². The Morgan fingerprint density at radius 3 is 2.32 bits per heavy atom. The van der Waals surface area contributed by atoms with Crippen LogP contribution >= 0.6 is 11.3 Å². The van der Waals surface area contributed by atoms with Crippen LogP contribution in [0.2, 0.25) is 0 Å². The number of hydrogen-bond donors (Lipinski definition) is 1. The quantitative estimate of drug-likeness (QED) is 0.687. The smallest absolute Gasteiger partial charge is 0.252 e. The predicted octanol–water partition coefficient (Wildman–Crippen LogP) is 3.32. The molecule has 0 aliphatic carbocycles. The van der Waals surface area contributed by atoms with Crippen LogP contribution in [-0.4, -0.2) is 55.8 Å². The second-order valence-electron chi connectivity index (χ2n) is 8.59. The average molecular weight is 462 g/mol. The number of carbonyl (C=O) groups excluding carboxylic acids is 1. The van der Waals surface area contributed by atoms with Crippen LogP contribution in [0.3, 0.4) is 0 Å². The Labute approximate surface area is 189 Å². The summed E-state index contributed by atoms with van der Waals surface area (Å²) >= 11 is 1.26. The summed E-state index contributed by atoms with van der Waals surface area (Å²) in [5.74, 6) is 0.369. The van der Waals surface area contributed by atoms with Gasteiger partial charge in [0.1, 0.15) is 4.21 Å². The lowest BCUT2D eigenvalue weighted by molar-refractivity contribution is -0.123. The number of benzene rings is 1. The SMILES string of the molecule is O=C(CC1CCN(S(=O)(=O)c2cccs2)CC1)NC1CCN(Cc2ccccc2)CC1. The Balaban J connectivity index is 1.17. The molecular formula is C23H31N3O3S2. The lowest BCUT2D eigenvalue weighted by atomic mass is 9.94. The molecule has 0 unspecified atom stereocenters. The lowest BCUT2D eigenvalue weighted by Crippen LogP contribution is -2.45. The van der Waals surface area contributed by atoms with E-state index >= 15 is 0 Å². The van der Waals surface area contributed by atoms with Crippen molar-refractivity contribution in [3.05, 3.63) is 53.4 Å². The monoisotopic (exact) mass is 461 g/mol. The molecule has 1 amide bonds. The molecule has 1 aromatic carbocycles. The first-order valence-electron chi connectivity index (χ1n) is 11.1. The number of hydrogen-bond acceptors (Lipinski definition) is 5. The van der Waals surface area contributed by atoms with Gasteiger partial charge in [-0.15, -0.1) is 11.3 Å². The van der Waals surface area contributed by atoms with Crippen LogP contribution in [-0.2, 0) is 21.4 Å². The molecular weight excluding hydrogens is 430 g/mol. The molecule has 2 aromatic rings. The molecule has 0 bridgehead atoms. The van der Waals surface area contributed by atoms with E-state index < -0.39 is 10.0 Å². The third kappa shape index (κ3) is 5.94. The van der Waals surface area contributed by atoms with Crippen LogP contribution in [0.4, 0.5) is 0 Å². The largest absolute Gasteiger partial charge is 0.353 e. The van der Waals surface area contributed by atoms with E-state index in [2.05, 4.69) is 34.5 Å². The van der Waals surface area contributed by atoms with Crippen molar-refractivity contribution in [3.63, 3.8) is 0 Å². The summed E-state index contributed by atoms with van der Waals surface area (Å²) < 4.78 is 27.2. The van der Waals surface area contributed by atoms with Gasteiger partial charge in [0.25, 0.3) is 10.0 Å². The first-order valence-corrected chi connectivity index (χ1v) is 13.4. The van der Waals surface area contributed by atoms with E-state index in [1.54, 1.807) is 21.8 Å². The zero-order chi connectivity index (χ0) is 21.7. The van der Waals surface area contributed by atoms with Gasteiger partial charge in [-0.1, -0.05) is 36.4 Å². The molecule has 31 heavy (non-hydrogen) atoms. The second kappa shape index (κ2) is 10.3. The maximum absolute atomic E-state index is 12.6. The van der Waals surface area contributed by atoms with Gasteiger partial charge >= 0.3 is 0 Å². The van der Waals surface area contributed by atoms with Crippen molar-refractivity contribution in [2.45, 2.75) is 48.9 Å². The van der Waals surface area contributed by atoms with Crippen molar-refractivity contribution < 1.29 is 13.2 Å². The maximum atomic E-state index is 12.6. The number of rotatable bonds is 7. The van der Waals surface area contributed by atoms with Crippen molar-refractivity contribution in [1.82, 2.24) is 14.5 Å². The molecule has 1 N–H and O–H groups in total. The van der Waals surface area contributed by atoms with Crippen LogP contribution in [0, 0.1) is 5.92 Å². The Bertz CT molecular complexity index is 932. The van der Waals surface area contributed by atoms with Gasteiger partial charge in [0.15, 0.2) is 0 Å². The minimum absolute atomic E-state index is 0.112. The Morgan fingerprint density at radius 2 is 1.68 bits per heavy atom. The normalized spacial score (nSPS) is 20.0. The zero-order valence-electron chi connectivity index (χ0n) is 17.8. The van der Waals surface area contributed by atoms with Crippen LogP contribution in [0.25, 0.3) is 0 Å². The number of amides is 1. The molecule has 6 nitrogen and oxygen atoms in total. The van der Waals surface area contributed by atoms with Gasteiger partial charge in [0.05, 0.1) is 0 Å². The lowest BCUT2D eigenvalue weighted by Gasteiger charge is -2.33. The molecule has 2 aliphatic heterocycles. The number of sulfonamides is 1. The van der Waals surface area contributed by atoms with E-state index in [9.17, 15) is 13.2 Å². The number of piperidine rings is 2. The first kappa shape index (κ1) is 22.5. The van der Waals surface area contributed by atoms with E-state index in [4.69, 9.17) is 0 Å². The van der Waals surface area contributed by atoms with Gasteiger partial charge in [-0.05, 0) is 48.6 Å². The van der Waals surface area contributed by atoms with E-state index in [1.165, 1.54) is 16.9 Å². The van der Waals surface area contributed by atoms with Crippen molar-refractivity contribution in [2.24, 2.45) is 5.92 Å². The molecule has 2 saturated heterocycles. The minimum atomic E-state index is -3.37. The molecule has 2 fully saturated rings. The highest BCUT2D eigenvalue weighted by Crippen LogP contribution is 2.27. The molecule has 0 spiro atoms. The maximum Gasteiger partial charge on any atom is 0.252 e. The number of thiophene rings is 1. The highest BCUT2D eigenvalue weighted by molar-refractivity contribution is 7.91. The fraction of sp³-hybridized carbons (Fsp3) is 0.522. The van der Waals surface area contributed by atoms with Crippen LogP contribution in [0.1, 0.15) is 37.7 Å². The summed E-state index contributed by atoms with van der Waals surface area (Å²) in [6, 6.07) is 14.2. The Morgan fingerprint density at radius 1 is 0.968 bits per heavy atom. The Kier molecular flexibility index (Phi) is 7.43. The van der Waals surface area contributed by atoms with Crippen molar-refractivity contribution >= 4 is 27.3 Å². The standard InChI is InChI=1S/C23H31N3O3S2/c27-22(24-21-10-12-25(13-11-21)18-20-5-2-1-3-6-20)17-19-8-14-26(15-9-19)31(28,29)23-7-4-16-30-23/h1-7,16,19,21H,8-15,17-18H2,(H,24,27). The molecule has 168 valence electrons. The van der Waals surface area contributed by atoms with Crippen molar-refractivity contribution in [2.75, 3.05) is 26.2 Å². The van der Waals surface area contributed by atoms with Gasteiger partial charge in [0, 0.05) is 45.2 Å². The van der Waals surface area contributed by atoms with Crippen molar-refractivity contribution in [1.29, 1.82) is 0 Å². The first-order chi connectivity index (χ1) is 15.0. The molecule has 2 aliphatic rings. The topological polar surface area (TPSA) is 69.7 Å². The average Bonchev–Trinajstić information content (AvgIpc) is 3.32. The molecule has 0 radical (unpaired) electrons. The summed E-state index contributed by atoms with van der Waals surface area (Å²) in [7, 11) is -3.37. The summed E-state index contributed by atoms with van der Waals surface area (Å²) in [4.78, 5) is 15.0. The van der Waals surface area contributed by atoms with Gasteiger partial charge in [-0.2, -0.15) is 4.31 Å². The fourth-order valence-corrected chi connectivity index (χ4v) is 7.13. The predicted molar refractivity (Wildman–Crippen MR) is 123 cm³/mol. The molecule has 0 saturated carbocycles. The molecule has 0 atom stereocenters. The van der Waals surface area contributed by atoms with E-state index in [-0.39, 0.29) is 17.9 Å². The highest BCUT2D eigenvalue weighted by Gasteiger charge is 2.31. The third-order valence-corrected chi connectivity index (χ3v) is 9.61. The second-order valence-corrected chi connectivity index (χ2v) is 11.7. The number of carbonyl (C=O) groups is 1. The number of likely N-dealkylation sites (tertiary alicyclic amines) is 1. The summed E-state index contributed by atoms with van der Waals surface area (Å²) in [5, 5.41) is 5.01. The Hall–Kier alpha value is -1.74. The molecule has 4 rings (SSSR count). The highest BCUT2D eigenvalue weighted by atomic mass is 32.2. The third-order valence-electron chi connectivity index (χ3n) is 6.34. The number of nitrogens with one attached hydrogen (secondary N) is 1. The van der Waals surface area contributed by atoms with Crippen LogP contribution in [0.5, 0.6) is 0 Å². The number of nitrogens with zero attached hydrogens (tertiary/aromatic N) is 2. The van der Waals surface area contributed by atoms with E-state index in [1.807, 2.05) is 6.07 Å². The van der Waals surface area contributed by atoms with Gasteiger partial charge < -0.3 is 5.32 Å². The summed E-state index contributed by atoms with van der Waals surface area (Å²) in [5.41, 5.74) is 1.33. The molecule has 1 aromatic heterocycles. The zero-order valence-corrected chi connectivity index (χ0v) is 19.4. The minimum Gasteiger partial charge on any atom is -0.353 e. The van der Waals surface area contributed by atoms with Gasteiger partial charge in [0.2, 0.25) is 5.91 Å². The fourth-order valence-electron chi connectivity index (χ4n) is 4.52. The van der Waals surface area contributed by atoms with Crippen molar-refractivity contribution in [3.8, 4) is 0 Å².